The molecule has 33 heavy (non-hydrogen) atoms. The van der Waals surface area contributed by atoms with Crippen molar-refractivity contribution in [1.29, 1.82) is 0 Å². The lowest BCUT2D eigenvalue weighted by Gasteiger charge is -2.33. The number of carbonyl (C=O) groups excluding carboxylic acids is 1. The van der Waals surface area contributed by atoms with Gasteiger partial charge < -0.3 is 14.2 Å². The number of hydrogen-bond donors (Lipinski definition) is 0. The Morgan fingerprint density at radius 2 is 1.45 bits per heavy atom. The maximum absolute atomic E-state index is 13.4. The highest BCUT2D eigenvalue weighted by molar-refractivity contribution is 5.71. The van der Waals surface area contributed by atoms with Crippen LogP contribution in [0.25, 0.3) is 0 Å². The zero-order chi connectivity index (χ0) is 25.7. The van der Waals surface area contributed by atoms with E-state index in [-0.39, 0.29) is 11.7 Å². The molecule has 0 aromatic heterocycles. The number of esters is 1. The summed E-state index contributed by atoms with van der Waals surface area (Å²) in [5.74, 6) is -19.8. The first kappa shape index (κ1) is 28.4. The van der Waals surface area contributed by atoms with Gasteiger partial charge in [0.25, 0.3) is 0 Å². The third-order valence-electron chi connectivity index (χ3n) is 4.48. The van der Waals surface area contributed by atoms with Crippen LogP contribution in [0.4, 0.5) is 39.5 Å². The average Bonchev–Trinajstić information content (AvgIpc) is 2.71. The molecule has 0 bridgehead atoms. The highest BCUT2D eigenvalue weighted by atomic mass is 19.4. The van der Waals surface area contributed by atoms with Gasteiger partial charge in [-0.05, 0) is 30.7 Å². The molecule has 0 aliphatic carbocycles. The Morgan fingerprint density at radius 3 is 1.94 bits per heavy atom. The van der Waals surface area contributed by atoms with Crippen molar-refractivity contribution >= 4 is 5.97 Å². The van der Waals surface area contributed by atoms with Crippen LogP contribution in [0.3, 0.4) is 0 Å². The predicted octanol–water partition coefficient (Wildman–Crippen LogP) is 6.41. The van der Waals surface area contributed by atoms with Crippen molar-refractivity contribution in [1.82, 2.24) is 0 Å². The quantitative estimate of drug-likeness (QED) is 0.191. The fourth-order valence-electron chi connectivity index (χ4n) is 2.13. The predicted molar refractivity (Wildman–Crippen MR) is 97.6 cm³/mol. The molecule has 1 aromatic rings. The van der Waals surface area contributed by atoms with E-state index in [1.165, 1.54) is 24.3 Å². The van der Waals surface area contributed by atoms with Crippen molar-refractivity contribution in [2.24, 2.45) is 5.92 Å². The van der Waals surface area contributed by atoms with Crippen LogP contribution in [0, 0.1) is 5.92 Å². The van der Waals surface area contributed by atoms with Gasteiger partial charge in [-0.15, -0.1) is 0 Å². The molecule has 1 atom stereocenters. The SMILES string of the molecule is C=C(Oc1ccc(OCC(=O)OCCC(F)(F)C(F)(F)C(F)(F)C(F)(F)F)cc1)C(C)CC. The van der Waals surface area contributed by atoms with E-state index < -0.39 is 49.5 Å². The summed E-state index contributed by atoms with van der Waals surface area (Å²) in [5, 5.41) is 0. The van der Waals surface area contributed by atoms with E-state index in [2.05, 4.69) is 11.3 Å². The van der Waals surface area contributed by atoms with Gasteiger partial charge in [-0.1, -0.05) is 20.4 Å². The van der Waals surface area contributed by atoms with E-state index in [0.29, 0.717) is 11.5 Å². The molecule has 4 nitrogen and oxygen atoms in total. The van der Waals surface area contributed by atoms with Gasteiger partial charge in [0, 0.05) is 5.92 Å². The Hall–Kier alpha value is -2.60. The molecule has 0 aliphatic rings. The Kier molecular flexibility index (Phi) is 9.09. The Morgan fingerprint density at radius 1 is 0.939 bits per heavy atom. The van der Waals surface area contributed by atoms with Crippen molar-refractivity contribution in [2.45, 2.75) is 50.6 Å². The second kappa shape index (κ2) is 10.6. The first-order chi connectivity index (χ1) is 15.0. The molecule has 188 valence electrons. The molecule has 0 radical (unpaired) electrons. The van der Waals surface area contributed by atoms with Crippen LogP contribution >= 0.6 is 0 Å². The van der Waals surface area contributed by atoms with E-state index in [1.54, 1.807) is 0 Å². The summed E-state index contributed by atoms with van der Waals surface area (Å²) in [6.07, 6.45) is -8.38. The Balaban J connectivity index is 2.55. The number of hydrogen-bond acceptors (Lipinski definition) is 4. The molecule has 1 rings (SSSR count). The standard InChI is InChI=1S/C20H21F9O4/c1-4-12(2)13(3)33-15-7-5-14(6-8-15)32-11-16(30)31-10-9-17(21,22)18(23,24)19(25,26)20(27,28)29/h5-8,12H,3-4,9-11H2,1-2H3. The van der Waals surface area contributed by atoms with E-state index in [0.717, 1.165) is 6.42 Å². The molecule has 0 heterocycles. The van der Waals surface area contributed by atoms with Gasteiger partial charge in [-0.25, -0.2) is 4.79 Å². The number of benzene rings is 1. The maximum atomic E-state index is 13.4. The second-order valence-corrected chi connectivity index (χ2v) is 6.96. The molecule has 0 fully saturated rings. The van der Waals surface area contributed by atoms with Crippen molar-refractivity contribution in [2.75, 3.05) is 13.2 Å². The number of halogens is 9. The summed E-state index contributed by atoms with van der Waals surface area (Å²) in [5.41, 5.74) is 0. The minimum atomic E-state index is -6.99. The fraction of sp³-hybridized carbons (Fsp3) is 0.550. The van der Waals surface area contributed by atoms with Crippen molar-refractivity contribution in [3.05, 3.63) is 36.6 Å². The zero-order valence-electron chi connectivity index (χ0n) is 17.5. The molecule has 1 aromatic carbocycles. The third-order valence-corrected chi connectivity index (χ3v) is 4.48. The van der Waals surface area contributed by atoms with E-state index in [1.807, 2.05) is 13.8 Å². The fourth-order valence-corrected chi connectivity index (χ4v) is 2.13. The van der Waals surface area contributed by atoms with Crippen LogP contribution in [-0.4, -0.2) is 43.1 Å². The lowest BCUT2D eigenvalue weighted by Crippen LogP contribution is -2.61. The van der Waals surface area contributed by atoms with E-state index in [9.17, 15) is 44.3 Å². The van der Waals surface area contributed by atoms with Gasteiger partial charge in [0.15, 0.2) is 6.61 Å². The summed E-state index contributed by atoms with van der Waals surface area (Å²) < 4.78 is 129. The Bertz CT molecular complexity index is 805. The van der Waals surface area contributed by atoms with Crippen LogP contribution in [0.1, 0.15) is 26.7 Å². The molecule has 0 saturated carbocycles. The Labute approximate surface area is 183 Å². The molecule has 1 unspecified atom stereocenters. The van der Waals surface area contributed by atoms with Gasteiger partial charge >= 0.3 is 29.9 Å². The van der Waals surface area contributed by atoms with Gasteiger partial charge in [-0.3, -0.25) is 0 Å². The monoisotopic (exact) mass is 496 g/mol. The first-order valence-corrected chi connectivity index (χ1v) is 9.41. The van der Waals surface area contributed by atoms with Crippen LogP contribution in [0.5, 0.6) is 11.5 Å². The highest BCUT2D eigenvalue weighted by Gasteiger charge is 2.81. The van der Waals surface area contributed by atoms with E-state index >= 15 is 0 Å². The lowest BCUT2D eigenvalue weighted by molar-refractivity contribution is -0.397. The number of rotatable bonds is 12. The summed E-state index contributed by atoms with van der Waals surface area (Å²) in [7, 11) is 0. The second-order valence-electron chi connectivity index (χ2n) is 6.96. The van der Waals surface area contributed by atoms with Crippen LogP contribution in [0.2, 0.25) is 0 Å². The number of ether oxygens (including phenoxy) is 3. The minimum absolute atomic E-state index is 0.0997. The van der Waals surface area contributed by atoms with Crippen LogP contribution in [0.15, 0.2) is 36.6 Å². The van der Waals surface area contributed by atoms with Gasteiger partial charge in [0.2, 0.25) is 0 Å². The maximum Gasteiger partial charge on any atom is 0.460 e. The summed E-state index contributed by atoms with van der Waals surface area (Å²) in [6.45, 7) is 5.20. The van der Waals surface area contributed by atoms with Gasteiger partial charge in [0.05, 0.1) is 18.8 Å². The summed E-state index contributed by atoms with van der Waals surface area (Å²) in [4.78, 5) is 11.5. The average molecular weight is 496 g/mol. The van der Waals surface area contributed by atoms with Crippen molar-refractivity contribution in [3.8, 4) is 11.5 Å². The van der Waals surface area contributed by atoms with Crippen LogP contribution < -0.4 is 9.47 Å². The molecule has 13 heteroatoms. The smallest absolute Gasteiger partial charge is 0.460 e. The molecular weight excluding hydrogens is 475 g/mol. The number of carbonyl (C=O) groups is 1. The lowest BCUT2D eigenvalue weighted by atomic mass is 10.0. The largest absolute Gasteiger partial charge is 0.482 e. The van der Waals surface area contributed by atoms with Crippen molar-refractivity contribution in [3.63, 3.8) is 0 Å². The molecule has 0 saturated heterocycles. The first-order valence-electron chi connectivity index (χ1n) is 9.41. The zero-order valence-corrected chi connectivity index (χ0v) is 17.5. The molecular formula is C20H21F9O4. The van der Waals surface area contributed by atoms with Gasteiger partial charge in [0.1, 0.15) is 11.5 Å². The summed E-state index contributed by atoms with van der Waals surface area (Å²) >= 11 is 0. The topological polar surface area (TPSA) is 44.8 Å². The number of allylic oxidation sites excluding steroid dienone is 1. The van der Waals surface area contributed by atoms with Gasteiger partial charge in [-0.2, -0.15) is 39.5 Å². The molecule has 0 aliphatic heterocycles. The van der Waals surface area contributed by atoms with Crippen LogP contribution in [-0.2, 0) is 9.53 Å². The third kappa shape index (κ3) is 6.94. The minimum Gasteiger partial charge on any atom is -0.482 e. The normalized spacial score (nSPS) is 13.9. The molecule has 0 amide bonds. The summed E-state index contributed by atoms with van der Waals surface area (Å²) in [6, 6.07) is 5.69. The molecule has 0 N–H and O–H groups in total. The number of alkyl halides is 9. The molecule has 0 spiro atoms. The highest BCUT2D eigenvalue weighted by Crippen LogP contribution is 2.53. The van der Waals surface area contributed by atoms with Crippen molar-refractivity contribution < 1.29 is 58.5 Å². The van der Waals surface area contributed by atoms with E-state index in [4.69, 9.17) is 9.47 Å².